The topological polar surface area (TPSA) is 81.8 Å². The molecule has 0 bridgehead atoms. The number of anilines is 1. The summed E-state index contributed by atoms with van der Waals surface area (Å²) < 4.78 is 5.25. The number of β-amino-alcohol motifs (C(OH)–C–C–N with tert-alkyl or cyclic N) is 1. The first-order chi connectivity index (χ1) is 9.90. The van der Waals surface area contributed by atoms with Crippen LogP contribution in [0.2, 0.25) is 0 Å². The van der Waals surface area contributed by atoms with Crippen molar-refractivity contribution in [1.82, 2.24) is 15.0 Å². The third-order valence-corrected chi connectivity index (χ3v) is 3.56. The molecule has 1 aliphatic rings. The third kappa shape index (κ3) is 4.18. The number of aliphatic hydroxyl groups is 1. The molecule has 118 valence electrons. The van der Waals surface area contributed by atoms with E-state index in [2.05, 4.69) is 15.4 Å². The smallest absolute Gasteiger partial charge is 0.323 e. The molecule has 1 aromatic rings. The minimum absolute atomic E-state index is 0.133. The van der Waals surface area contributed by atoms with Gasteiger partial charge in [-0.2, -0.15) is 0 Å². The van der Waals surface area contributed by atoms with E-state index in [4.69, 9.17) is 9.63 Å². The summed E-state index contributed by atoms with van der Waals surface area (Å²) in [6.45, 7) is 9.75. The van der Waals surface area contributed by atoms with E-state index in [-0.39, 0.29) is 18.1 Å². The van der Waals surface area contributed by atoms with Crippen LogP contribution in [0.4, 0.5) is 10.6 Å². The molecule has 2 N–H and O–H groups in total. The number of rotatable bonds is 3. The largest absolute Gasteiger partial charge is 0.395 e. The predicted molar refractivity (Wildman–Crippen MR) is 79.3 cm³/mol. The van der Waals surface area contributed by atoms with E-state index in [1.807, 2.05) is 20.8 Å². The van der Waals surface area contributed by atoms with Gasteiger partial charge in [-0.05, 0) is 0 Å². The Morgan fingerprint density at radius 1 is 1.38 bits per heavy atom. The van der Waals surface area contributed by atoms with Crippen LogP contribution in [0.5, 0.6) is 0 Å². The van der Waals surface area contributed by atoms with E-state index in [9.17, 15) is 4.79 Å². The van der Waals surface area contributed by atoms with Crippen molar-refractivity contribution in [3.8, 4) is 0 Å². The van der Waals surface area contributed by atoms with Crippen molar-refractivity contribution in [2.45, 2.75) is 26.2 Å². The van der Waals surface area contributed by atoms with E-state index in [0.29, 0.717) is 25.5 Å². The van der Waals surface area contributed by atoms with Crippen molar-refractivity contribution >= 4 is 11.8 Å². The molecule has 1 aromatic heterocycles. The standard InChI is InChI=1S/C14H24N4O3/c1-14(2,3)11-10-12(16-21-11)15-13(20)18-6-4-17(5-7-18)8-9-19/h10,19H,4-9H2,1-3H3,(H,15,16,20). The van der Waals surface area contributed by atoms with Crippen LogP contribution < -0.4 is 5.32 Å². The van der Waals surface area contributed by atoms with Crippen molar-refractivity contribution in [3.63, 3.8) is 0 Å². The fourth-order valence-electron chi connectivity index (χ4n) is 2.19. The molecule has 7 nitrogen and oxygen atoms in total. The number of hydrogen-bond donors (Lipinski definition) is 2. The summed E-state index contributed by atoms with van der Waals surface area (Å²) >= 11 is 0. The summed E-state index contributed by atoms with van der Waals surface area (Å²) in [5.74, 6) is 1.19. The monoisotopic (exact) mass is 296 g/mol. The second-order valence-electron chi connectivity index (χ2n) is 6.31. The van der Waals surface area contributed by atoms with Crippen LogP contribution in [0.1, 0.15) is 26.5 Å². The minimum atomic E-state index is -0.160. The molecule has 0 aliphatic carbocycles. The number of urea groups is 1. The third-order valence-electron chi connectivity index (χ3n) is 3.56. The van der Waals surface area contributed by atoms with Crippen LogP contribution in [-0.2, 0) is 5.41 Å². The summed E-state index contributed by atoms with van der Waals surface area (Å²) in [6.07, 6.45) is 0. The first-order valence-corrected chi connectivity index (χ1v) is 7.26. The van der Waals surface area contributed by atoms with Crippen molar-refractivity contribution < 1.29 is 14.4 Å². The molecule has 7 heteroatoms. The van der Waals surface area contributed by atoms with Crippen LogP contribution in [-0.4, -0.2) is 65.4 Å². The maximum atomic E-state index is 12.2. The van der Waals surface area contributed by atoms with E-state index in [0.717, 1.165) is 18.8 Å². The minimum Gasteiger partial charge on any atom is -0.395 e. The second kappa shape index (κ2) is 6.44. The lowest BCUT2D eigenvalue weighted by Gasteiger charge is -2.34. The first kappa shape index (κ1) is 15.8. The highest BCUT2D eigenvalue weighted by molar-refractivity contribution is 5.88. The Kier molecular flexibility index (Phi) is 4.84. The SMILES string of the molecule is CC(C)(C)c1cc(NC(=O)N2CCN(CCO)CC2)no1. The normalized spacial score (nSPS) is 17.0. The summed E-state index contributed by atoms with van der Waals surface area (Å²) in [6, 6.07) is 1.60. The summed E-state index contributed by atoms with van der Waals surface area (Å²) in [5, 5.41) is 15.6. The van der Waals surface area contributed by atoms with Crippen LogP contribution >= 0.6 is 0 Å². The maximum Gasteiger partial charge on any atom is 0.323 e. The van der Waals surface area contributed by atoms with Gasteiger partial charge in [0.05, 0.1) is 6.61 Å². The number of amides is 2. The Morgan fingerprint density at radius 3 is 2.57 bits per heavy atom. The van der Waals surface area contributed by atoms with Gasteiger partial charge in [0.25, 0.3) is 0 Å². The van der Waals surface area contributed by atoms with E-state index in [1.165, 1.54) is 0 Å². The fraction of sp³-hybridized carbons (Fsp3) is 0.714. The van der Waals surface area contributed by atoms with Crippen LogP contribution in [0.3, 0.4) is 0 Å². The fourth-order valence-corrected chi connectivity index (χ4v) is 2.19. The van der Waals surface area contributed by atoms with E-state index in [1.54, 1.807) is 11.0 Å². The molecular formula is C14H24N4O3. The van der Waals surface area contributed by atoms with Crippen LogP contribution in [0, 0.1) is 0 Å². The number of piperazine rings is 1. The van der Waals surface area contributed by atoms with Crippen molar-refractivity contribution in [3.05, 3.63) is 11.8 Å². The van der Waals surface area contributed by atoms with E-state index < -0.39 is 0 Å². The molecule has 1 aliphatic heterocycles. The average molecular weight is 296 g/mol. The number of carbonyl (C=O) groups is 1. The highest BCUT2D eigenvalue weighted by atomic mass is 16.5. The average Bonchev–Trinajstić information content (AvgIpc) is 2.88. The van der Waals surface area contributed by atoms with Gasteiger partial charge in [0.15, 0.2) is 5.82 Å². The molecule has 0 radical (unpaired) electrons. The van der Waals surface area contributed by atoms with Gasteiger partial charge in [-0.15, -0.1) is 0 Å². The summed E-state index contributed by atoms with van der Waals surface area (Å²) in [7, 11) is 0. The molecule has 2 amide bonds. The maximum absolute atomic E-state index is 12.2. The molecular weight excluding hydrogens is 272 g/mol. The zero-order valence-corrected chi connectivity index (χ0v) is 12.9. The molecule has 0 spiro atoms. The molecule has 0 unspecified atom stereocenters. The van der Waals surface area contributed by atoms with Gasteiger partial charge in [0, 0.05) is 44.2 Å². The number of carbonyl (C=O) groups excluding carboxylic acids is 1. The number of hydrogen-bond acceptors (Lipinski definition) is 5. The number of nitrogens with one attached hydrogen (secondary N) is 1. The highest BCUT2D eigenvalue weighted by Gasteiger charge is 2.23. The van der Waals surface area contributed by atoms with Crippen LogP contribution in [0.25, 0.3) is 0 Å². The van der Waals surface area contributed by atoms with Crippen molar-refractivity contribution in [2.75, 3.05) is 44.6 Å². The Bertz CT molecular complexity index is 473. The first-order valence-electron chi connectivity index (χ1n) is 7.26. The van der Waals surface area contributed by atoms with Gasteiger partial charge in [-0.1, -0.05) is 25.9 Å². The van der Waals surface area contributed by atoms with Gasteiger partial charge in [0.1, 0.15) is 5.76 Å². The second-order valence-corrected chi connectivity index (χ2v) is 6.31. The summed E-state index contributed by atoms with van der Waals surface area (Å²) in [4.78, 5) is 16.0. The Labute approximate surface area is 124 Å². The predicted octanol–water partition coefficient (Wildman–Crippen LogP) is 1.11. The van der Waals surface area contributed by atoms with Gasteiger partial charge < -0.3 is 14.5 Å². The lowest BCUT2D eigenvalue weighted by Crippen LogP contribution is -2.50. The van der Waals surface area contributed by atoms with Gasteiger partial charge in [-0.3, -0.25) is 10.2 Å². The number of aromatic nitrogens is 1. The molecule has 0 saturated carbocycles. The molecule has 1 saturated heterocycles. The van der Waals surface area contributed by atoms with Crippen LogP contribution in [0.15, 0.2) is 10.6 Å². The molecule has 2 rings (SSSR count). The molecule has 2 heterocycles. The zero-order chi connectivity index (χ0) is 15.5. The Hall–Kier alpha value is -1.60. The molecule has 0 atom stereocenters. The van der Waals surface area contributed by atoms with Gasteiger partial charge in [-0.25, -0.2) is 4.79 Å². The molecule has 0 aromatic carbocycles. The van der Waals surface area contributed by atoms with E-state index >= 15 is 0 Å². The van der Waals surface area contributed by atoms with Gasteiger partial charge in [0.2, 0.25) is 0 Å². The Morgan fingerprint density at radius 2 is 2.05 bits per heavy atom. The number of nitrogens with zero attached hydrogens (tertiary/aromatic N) is 3. The Balaban J connectivity index is 1.86. The van der Waals surface area contributed by atoms with Gasteiger partial charge >= 0.3 is 6.03 Å². The molecule has 1 fully saturated rings. The van der Waals surface area contributed by atoms with Crippen molar-refractivity contribution in [2.24, 2.45) is 0 Å². The zero-order valence-electron chi connectivity index (χ0n) is 12.9. The highest BCUT2D eigenvalue weighted by Crippen LogP contribution is 2.24. The quantitative estimate of drug-likeness (QED) is 0.873. The molecule has 21 heavy (non-hydrogen) atoms. The van der Waals surface area contributed by atoms with Crippen molar-refractivity contribution in [1.29, 1.82) is 0 Å². The summed E-state index contributed by atoms with van der Waals surface area (Å²) in [5.41, 5.74) is -0.133. The lowest BCUT2D eigenvalue weighted by molar-refractivity contribution is 0.127. The number of aliphatic hydroxyl groups excluding tert-OH is 1. The lowest BCUT2D eigenvalue weighted by atomic mass is 9.93.